The number of rotatable bonds is 3. The molecule has 16 heavy (non-hydrogen) atoms. The van der Waals surface area contributed by atoms with E-state index < -0.39 is 6.10 Å². The number of aliphatic hydroxyl groups excluding tert-OH is 1. The second-order valence-corrected chi connectivity index (χ2v) is 3.79. The molecule has 0 aliphatic rings. The number of aliphatic hydroxyl groups is 1. The average molecular weight is 223 g/mol. The summed E-state index contributed by atoms with van der Waals surface area (Å²) in [5.74, 6) is 0. The SMILES string of the molecule is CC(O)CN(C)C(=O)Nc1cccc(N)c1. The molecule has 0 saturated heterocycles. The smallest absolute Gasteiger partial charge is 0.321 e. The summed E-state index contributed by atoms with van der Waals surface area (Å²) in [7, 11) is 1.62. The van der Waals surface area contributed by atoms with E-state index in [0.717, 1.165) is 0 Å². The van der Waals surface area contributed by atoms with Crippen LogP contribution >= 0.6 is 0 Å². The standard InChI is InChI=1S/C11H17N3O2/c1-8(15)7-14(2)11(16)13-10-5-3-4-9(12)6-10/h3-6,8,15H,7,12H2,1-2H3,(H,13,16). The number of likely N-dealkylation sites (N-methyl/N-ethyl adjacent to an activating group) is 1. The molecular formula is C11H17N3O2. The van der Waals surface area contributed by atoms with Gasteiger partial charge in [0.15, 0.2) is 0 Å². The lowest BCUT2D eigenvalue weighted by Gasteiger charge is -2.19. The molecule has 4 N–H and O–H groups in total. The van der Waals surface area contributed by atoms with E-state index in [1.807, 2.05) is 0 Å². The third-order valence-corrected chi connectivity index (χ3v) is 2.02. The lowest BCUT2D eigenvalue weighted by molar-refractivity contribution is 0.149. The number of nitrogens with one attached hydrogen (secondary N) is 1. The van der Waals surface area contributed by atoms with Crippen LogP contribution in [-0.2, 0) is 0 Å². The Morgan fingerprint density at radius 1 is 1.62 bits per heavy atom. The van der Waals surface area contributed by atoms with E-state index >= 15 is 0 Å². The first kappa shape index (κ1) is 12.3. The molecule has 0 aliphatic heterocycles. The summed E-state index contributed by atoms with van der Waals surface area (Å²) >= 11 is 0. The fraction of sp³-hybridized carbons (Fsp3) is 0.364. The largest absolute Gasteiger partial charge is 0.399 e. The van der Waals surface area contributed by atoms with Crippen molar-refractivity contribution in [1.82, 2.24) is 4.90 Å². The molecule has 0 aromatic heterocycles. The quantitative estimate of drug-likeness (QED) is 0.672. The first-order chi connectivity index (χ1) is 7.49. The molecule has 5 heteroatoms. The molecule has 1 rings (SSSR count). The predicted molar refractivity (Wildman–Crippen MR) is 64.2 cm³/mol. The summed E-state index contributed by atoms with van der Waals surface area (Å²) in [6.07, 6.45) is -0.545. The highest BCUT2D eigenvalue weighted by Gasteiger charge is 2.10. The van der Waals surface area contributed by atoms with Gasteiger partial charge in [0.05, 0.1) is 6.10 Å². The Morgan fingerprint density at radius 2 is 2.31 bits per heavy atom. The van der Waals surface area contributed by atoms with Crippen LogP contribution in [0.25, 0.3) is 0 Å². The second kappa shape index (κ2) is 5.37. The van der Waals surface area contributed by atoms with Crippen molar-refractivity contribution < 1.29 is 9.90 Å². The Morgan fingerprint density at radius 3 is 2.88 bits per heavy atom. The average Bonchev–Trinajstić information content (AvgIpc) is 2.16. The van der Waals surface area contributed by atoms with Gasteiger partial charge < -0.3 is 21.1 Å². The van der Waals surface area contributed by atoms with E-state index in [0.29, 0.717) is 11.4 Å². The molecule has 0 aliphatic carbocycles. The Kier molecular flexibility index (Phi) is 4.13. The maximum atomic E-state index is 11.6. The first-order valence-corrected chi connectivity index (χ1v) is 5.05. The molecule has 0 bridgehead atoms. The summed E-state index contributed by atoms with van der Waals surface area (Å²) in [4.78, 5) is 13.0. The van der Waals surface area contributed by atoms with E-state index in [-0.39, 0.29) is 12.6 Å². The number of nitrogens with two attached hydrogens (primary N) is 1. The Bertz CT molecular complexity index is 366. The number of anilines is 2. The Balaban J connectivity index is 2.57. The van der Waals surface area contributed by atoms with Crippen molar-refractivity contribution in [3.05, 3.63) is 24.3 Å². The van der Waals surface area contributed by atoms with Gasteiger partial charge >= 0.3 is 6.03 Å². The monoisotopic (exact) mass is 223 g/mol. The fourth-order valence-corrected chi connectivity index (χ4v) is 1.31. The number of benzene rings is 1. The number of urea groups is 1. The zero-order valence-corrected chi connectivity index (χ0v) is 9.47. The molecule has 88 valence electrons. The predicted octanol–water partition coefficient (Wildman–Crippen LogP) is 1.11. The van der Waals surface area contributed by atoms with Crippen LogP contribution in [-0.4, -0.2) is 35.7 Å². The molecule has 1 aromatic carbocycles. The van der Waals surface area contributed by atoms with Crippen LogP contribution in [0, 0.1) is 0 Å². The summed E-state index contributed by atoms with van der Waals surface area (Å²) < 4.78 is 0. The summed E-state index contributed by atoms with van der Waals surface area (Å²) in [5, 5.41) is 11.8. The minimum atomic E-state index is -0.545. The van der Waals surface area contributed by atoms with Crippen molar-refractivity contribution in [3.63, 3.8) is 0 Å². The maximum Gasteiger partial charge on any atom is 0.321 e. The molecule has 1 aromatic rings. The summed E-state index contributed by atoms with van der Waals surface area (Å²) in [6, 6.07) is 6.67. The van der Waals surface area contributed by atoms with Gasteiger partial charge in [0.25, 0.3) is 0 Å². The molecule has 1 unspecified atom stereocenters. The van der Waals surface area contributed by atoms with Crippen LogP contribution in [0.15, 0.2) is 24.3 Å². The van der Waals surface area contributed by atoms with E-state index in [1.54, 1.807) is 38.2 Å². The van der Waals surface area contributed by atoms with Crippen molar-refractivity contribution in [2.45, 2.75) is 13.0 Å². The van der Waals surface area contributed by atoms with Crippen molar-refractivity contribution in [1.29, 1.82) is 0 Å². The second-order valence-electron chi connectivity index (χ2n) is 3.79. The van der Waals surface area contributed by atoms with Gasteiger partial charge in [-0.3, -0.25) is 0 Å². The fourth-order valence-electron chi connectivity index (χ4n) is 1.31. The third-order valence-electron chi connectivity index (χ3n) is 2.02. The molecule has 0 radical (unpaired) electrons. The van der Waals surface area contributed by atoms with Gasteiger partial charge in [-0.15, -0.1) is 0 Å². The van der Waals surface area contributed by atoms with E-state index in [9.17, 15) is 4.79 Å². The van der Waals surface area contributed by atoms with Crippen LogP contribution < -0.4 is 11.1 Å². The van der Waals surface area contributed by atoms with Gasteiger partial charge in [-0.2, -0.15) is 0 Å². The van der Waals surface area contributed by atoms with Gasteiger partial charge in [0.2, 0.25) is 0 Å². The first-order valence-electron chi connectivity index (χ1n) is 5.05. The van der Waals surface area contributed by atoms with E-state index in [2.05, 4.69) is 5.32 Å². The topological polar surface area (TPSA) is 78.6 Å². The Hall–Kier alpha value is -1.75. The highest BCUT2D eigenvalue weighted by Crippen LogP contribution is 2.12. The highest BCUT2D eigenvalue weighted by molar-refractivity contribution is 5.89. The molecule has 2 amide bonds. The highest BCUT2D eigenvalue weighted by atomic mass is 16.3. The van der Waals surface area contributed by atoms with Crippen molar-refractivity contribution in [2.24, 2.45) is 0 Å². The minimum absolute atomic E-state index is 0.272. The van der Waals surface area contributed by atoms with Crippen LogP contribution in [0.2, 0.25) is 0 Å². The van der Waals surface area contributed by atoms with Crippen molar-refractivity contribution >= 4 is 17.4 Å². The molecule has 0 spiro atoms. The van der Waals surface area contributed by atoms with Gasteiger partial charge in [0, 0.05) is 25.0 Å². The van der Waals surface area contributed by atoms with Crippen LogP contribution in [0.3, 0.4) is 0 Å². The summed E-state index contributed by atoms with van der Waals surface area (Å²) in [5.41, 5.74) is 6.82. The maximum absolute atomic E-state index is 11.6. The van der Waals surface area contributed by atoms with Crippen molar-refractivity contribution in [2.75, 3.05) is 24.6 Å². The van der Waals surface area contributed by atoms with Crippen LogP contribution in [0.1, 0.15) is 6.92 Å². The molecule has 0 heterocycles. The molecule has 1 atom stereocenters. The van der Waals surface area contributed by atoms with Crippen LogP contribution in [0.5, 0.6) is 0 Å². The van der Waals surface area contributed by atoms with Crippen LogP contribution in [0.4, 0.5) is 16.2 Å². The van der Waals surface area contributed by atoms with Gasteiger partial charge in [-0.05, 0) is 25.1 Å². The van der Waals surface area contributed by atoms with Crippen molar-refractivity contribution in [3.8, 4) is 0 Å². The minimum Gasteiger partial charge on any atom is -0.399 e. The number of amides is 2. The number of nitrogen functional groups attached to an aromatic ring is 1. The number of hydrogen-bond acceptors (Lipinski definition) is 3. The Labute approximate surface area is 94.9 Å². The lowest BCUT2D eigenvalue weighted by atomic mass is 10.3. The molecule has 0 saturated carbocycles. The molecular weight excluding hydrogens is 206 g/mol. The van der Waals surface area contributed by atoms with E-state index in [4.69, 9.17) is 10.8 Å². The lowest BCUT2D eigenvalue weighted by Crippen LogP contribution is -2.36. The number of hydrogen-bond donors (Lipinski definition) is 3. The van der Waals surface area contributed by atoms with Gasteiger partial charge in [0.1, 0.15) is 0 Å². The van der Waals surface area contributed by atoms with E-state index in [1.165, 1.54) is 4.90 Å². The third kappa shape index (κ3) is 3.78. The summed E-state index contributed by atoms with van der Waals surface area (Å²) in [6.45, 7) is 1.92. The molecule has 5 nitrogen and oxygen atoms in total. The van der Waals surface area contributed by atoms with Gasteiger partial charge in [-0.1, -0.05) is 6.07 Å². The normalized spacial score (nSPS) is 11.9. The molecule has 0 fully saturated rings. The number of carbonyl (C=O) groups excluding carboxylic acids is 1. The van der Waals surface area contributed by atoms with Gasteiger partial charge in [-0.25, -0.2) is 4.79 Å². The number of nitrogens with zero attached hydrogens (tertiary/aromatic N) is 1. The zero-order valence-electron chi connectivity index (χ0n) is 9.47. The zero-order chi connectivity index (χ0) is 12.1. The number of carbonyl (C=O) groups is 1.